The molecule has 29 heavy (non-hydrogen) atoms. The van der Waals surface area contributed by atoms with Crippen LogP contribution in [-0.4, -0.2) is 16.3 Å². The van der Waals surface area contributed by atoms with Crippen molar-refractivity contribution in [2.24, 2.45) is 10.2 Å². The Labute approximate surface area is 170 Å². The van der Waals surface area contributed by atoms with Gasteiger partial charge in [-0.15, -0.1) is 0 Å². The minimum Gasteiger partial charge on any atom is -0.493 e. The predicted molar refractivity (Wildman–Crippen MR) is 104 cm³/mol. The second-order valence-corrected chi connectivity index (χ2v) is 7.68. The van der Waals surface area contributed by atoms with Gasteiger partial charge in [-0.05, 0) is 40.6 Å². The maximum Gasteiger partial charge on any atom is 0.416 e. The van der Waals surface area contributed by atoms with Gasteiger partial charge in [-0.2, -0.15) is 23.4 Å². The molecule has 0 fully saturated rings. The Balaban J connectivity index is 1.96. The third-order valence-electron chi connectivity index (χ3n) is 4.39. The summed E-state index contributed by atoms with van der Waals surface area (Å²) in [7, 11) is 0. The fraction of sp³-hybridized carbons (Fsp3) is 0.105. The highest BCUT2D eigenvalue weighted by Crippen LogP contribution is 2.36. The van der Waals surface area contributed by atoms with E-state index in [2.05, 4.69) is 15.2 Å². The summed E-state index contributed by atoms with van der Waals surface area (Å²) in [6, 6.07) is 8.58. The van der Waals surface area contributed by atoms with E-state index >= 15 is 0 Å². The van der Waals surface area contributed by atoms with Crippen molar-refractivity contribution in [1.82, 2.24) is 4.98 Å². The van der Waals surface area contributed by atoms with Gasteiger partial charge >= 0.3 is 11.0 Å². The molecule has 0 aliphatic carbocycles. The Bertz CT molecular complexity index is 1330. The molecule has 0 amide bonds. The number of benzene rings is 2. The SMILES string of the molecule is O=c1[nH]c(O)c(C(Cc2ccc(Cl)cc2C(F)(F)F)=c2ccc3c(c2)C=NN=3)s1. The van der Waals surface area contributed by atoms with Crippen LogP contribution in [0.5, 0.6) is 5.88 Å². The molecular formula is C19H11ClF3N3O2S. The van der Waals surface area contributed by atoms with Crippen molar-refractivity contribution in [3.63, 3.8) is 0 Å². The summed E-state index contributed by atoms with van der Waals surface area (Å²) in [6.07, 6.45) is -3.26. The Morgan fingerprint density at radius 1 is 1.21 bits per heavy atom. The summed E-state index contributed by atoms with van der Waals surface area (Å²) in [5.74, 6) is -0.392. The van der Waals surface area contributed by atoms with Gasteiger partial charge < -0.3 is 5.11 Å². The fourth-order valence-corrected chi connectivity index (χ4v) is 4.05. The van der Waals surface area contributed by atoms with E-state index in [1.54, 1.807) is 18.2 Å². The molecule has 1 aromatic heterocycles. The zero-order chi connectivity index (χ0) is 20.8. The monoisotopic (exact) mass is 437 g/mol. The summed E-state index contributed by atoms with van der Waals surface area (Å²) in [5.41, 5.74) is 0.148. The van der Waals surface area contributed by atoms with Gasteiger partial charge in [0.1, 0.15) is 0 Å². The molecule has 1 aliphatic rings. The second-order valence-electron chi connectivity index (χ2n) is 6.26. The van der Waals surface area contributed by atoms with E-state index in [1.165, 1.54) is 18.3 Å². The van der Waals surface area contributed by atoms with E-state index in [4.69, 9.17) is 11.6 Å². The third kappa shape index (κ3) is 3.83. The minimum absolute atomic E-state index is 0.0315. The topological polar surface area (TPSA) is 77.8 Å². The van der Waals surface area contributed by atoms with Crippen LogP contribution in [0.4, 0.5) is 13.2 Å². The van der Waals surface area contributed by atoms with E-state index in [-0.39, 0.29) is 21.9 Å². The van der Waals surface area contributed by atoms with Crippen molar-refractivity contribution < 1.29 is 18.3 Å². The average Bonchev–Trinajstić information content (AvgIpc) is 3.25. The van der Waals surface area contributed by atoms with Gasteiger partial charge in [-0.25, -0.2) is 0 Å². The summed E-state index contributed by atoms with van der Waals surface area (Å²) in [6.45, 7) is 0. The molecule has 10 heteroatoms. The fourth-order valence-electron chi connectivity index (χ4n) is 3.09. The summed E-state index contributed by atoms with van der Waals surface area (Å²) < 4.78 is 40.6. The molecule has 0 unspecified atom stereocenters. The van der Waals surface area contributed by atoms with Gasteiger partial charge in [-0.1, -0.05) is 35.1 Å². The van der Waals surface area contributed by atoms with Gasteiger partial charge in [-0.3, -0.25) is 9.78 Å². The average molecular weight is 438 g/mol. The van der Waals surface area contributed by atoms with Crippen LogP contribution in [0, 0.1) is 0 Å². The van der Waals surface area contributed by atoms with E-state index in [1.807, 2.05) is 0 Å². The third-order valence-corrected chi connectivity index (χ3v) is 5.55. The number of nitrogens with one attached hydrogen (secondary N) is 1. The van der Waals surface area contributed by atoms with E-state index < -0.39 is 22.5 Å². The van der Waals surface area contributed by atoms with Crippen LogP contribution < -0.4 is 15.4 Å². The molecule has 148 valence electrons. The molecule has 0 saturated heterocycles. The Hall–Kier alpha value is -2.91. The molecule has 0 spiro atoms. The number of nitrogens with zero attached hydrogens (tertiary/aromatic N) is 2. The molecule has 0 saturated carbocycles. The zero-order valence-corrected chi connectivity index (χ0v) is 16.0. The van der Waals surface area contributed by atoms with Crippen LogP contribution >= 0.6 is 22.9 Å². The van der Waals surface area contributed by atoms with Crippen LogP contribution in [0.1, 0.15) is 21.6 Å². The van der Waals surface area contributed by atoms with Crippen molar-refractivity contribution in [2.75, 3.05) is 0 Å². The maximum absolute atomic E-state index is 13.5. The van der Waals surface area contributed by atoms with Crippen LogP contribution in [0.25, 0.3) is 5.57 Å². The van der Waals surface area contributed by atoms with Crippen LogP contribution in [0.2, 0.25) is 5.02 Å². The molecule has 0 bridgehead atoms. The first-order chi connectivity index (χ1) is 13.7. The maximum atomic E-state index is 13.5. The molecular weight excluding hydrogens is 427 g/mol. The number of H-pyrrole nitrogens is 1. The van der Waals surface area contributed by atoms with Crippen LogP contribution in [0.15, 0.2) is 51.4 Å². The van der Waals surface area contributed by atoms with E-state index in [9.17, 15) is 23.1 Å². The highest BCUT2D eigenvalue weighted by Gasteiger charge is 2.34. The smallest absolute Gasteiger partial charge is 0.416 e. The van der Waals surface area contributed by atoms with Gasteiger partial charge in [0, 0.05) is 17.0 Å². The number of hydrogen-bond acceptors (Lipinski definition) is 5. The molecule has 2 aromatic carbocycles. The van der Waals surface area contributed by atoms with Crippen LogP contribution in [0.3, 0.4) is 0 Å². The molecule has 3 aromatic rings. The highest BCUT2D eigenvalue weighted by molar-refractivity contribution is 7.10. The van der Waals surface area contributed by atoms with Crippen LogP contribution in [-0.2, 0) is 12.6 Å². The first-order valence-electron chi connectivity index (χ1n) is 8.25. The van der Waals surface area contributed by atoms with Gasteiger partial charge in [0.05, 0.1) is 22.0 Å². The quantitative estimate of drug-likeness (QED) is 0.660. The number of thiazole rings is 1. The highest BCUT2D eigenvalue weighted by atomic mass is 35.5. The van der Waals surface area contributed by atoms with Crippen molar-refractivity contribution >= 4 is 34.7 Å². The van der Waals surface area contributed by atoms with Crippen molar-refractivity contribution in [3.05, 3.63) is 83.2 Å². The van der Waals surface area contributed by atoms with Crippen molar-refractivity contribution in [3.8, 4) is 5.88 Å². The number of aromatic nitrogens is 1. The van der Waals surface area contributed by atoms with Crippen molar-refractivity contribution in [2.45, 2.75) is 12.6 Å². The largest absolute Gasteiger partial charge is 0.493 e. The van der Waals surface area contributed by atoms with E-state index in [0.29, 0.717) is 21.7 Å². The molecule has 2 heterocycles. The molecule has 4 rings (SSSR count). The minimum atomic E-state index is -4.61. The lowest BCUT2D eigenvalue weighted by atomic mass is 9.96. The number of aromatic hydroxyl groups is 1. The lowest BCUT2D eigenvalue weighted by Crippen LogP contribution is -2.17. The first-order valence-corrected chi connectivity index (χ1v) is 9.44. The second kappa shape index (κ2) is 7.16. The number of fused-ring (bicyclic) bond motifs is 1. The molecule has 1 aliphatic heterocycles. The molecule has 0 atom stereocenters. The van der Waals surface area contributed by atoms with Gasteiger partial charge in [0.25, 0.3) is 0 Å². The molecule has 2 N–H and O–H groups in total. The van der Waals surface area contributed by atoms with Gasteiger partial charge in [0.15, 0.2) is 0 Å². The molecule has 5 nitrogen and oxygen atoms in total. The lowest BCUT2D eigenvalue weighted by molar-refractivity contribution is -0.138. The predicted octanol–water partition coefficient (Wildman–Crippen LogP) is 3.22. The number of hydrogen-bond donors (Lipinski definition) is 2. The molecule has 0 radical (unpaired) electrons. The number of alkyl halides is 3. The summed E-state index contributed by atoms with van der Waals surface area (Å²) >= 11 is 6.49. The normalized spacial score (nSPS) is 13.9. The van der Waals surface area contributed by atoms with Gasteiger partial charge in [0.2, 0.25) is 5.88 Å². The van der Waals surface area contributed by atoms with E-state index in [0.717, 1.165) is 17.4 Å². The Morgan fingerprint density at radius 2 is 2.00 bits per heavy atom. The first kappa shape index (κ1) is 19.4. The standard InChI is InChI=1S/C19H11ClF3N3O2S/c20-12-3-1-10(14(7-12)19(21,22)23)6-13(16-17(27)25-18(28)29-16)9-2-4-15-11(5-9)8-24-26-15/h1-5,7-8,27H,6H2,(H,25,28). The Kier molecular flexibility index (Phi) is 4.79. The number of rotatable bonds is 3. The summed E-state index contributed by atoms with van der Waals surface area (Å²) in [4.78, 5) is 13.6. The Morgan fingerprint density at radius 3 is 2.69 bits per heavy atom. The number of aromatic amines is 1. The zero-order valence-electron chi connectivity index (χ0n) is 14.4. The van der Waals surface area contributed by atoms with Crippen molar-refractivity contribution in [1.29, 1.82) is 0 Å². The number of halogens is 4. The summed E-state index contributed by atoms with van der Waals surface area (Å²) in [5, 5.41) is 19.0. The lowest BCUT2D eigenvalue weighted by Gasteiger charge is -2.15.